The molecule has 1 N–H and O–H groups in total. The van der Waals surface area contributed by atoms with Gasteiger partial charge in [-0.1, -0.05) is 95.4 Å². The zero-order chi connectivity index (χ0) is 30.7. The molecule has 0 aromatic carbocycles. The molecule has 41 heavy (non-hydrogen) atoms. The van der Waals surface area contributed by atoms with Crippen molar-refractivity contribution >= 4 is 13.8 Å². The maximum absolute atomic E-state index is 12.1. The Bertz CT molecular complexity index is 721. The molecule has 2 atom stereocenters. The number of unbranched alkanes of at least 4 members (excludes halogenated alkanes) is 13. The van der Waals surface area contributed by atoms with Crippen LogP contribution in [-0.2, 0) is 27.9 Å². The summed E-state index contributed by atoms with van der Waals surface area (Å²) in [4.78, 5) is 21.2. The molecule has 0 bridgehead atoms. The van der Waals surface area contributed by atoms with Crippen molar-refractivity contribution in [3.05, 3.63) is 24.3 Å². The number of quaternary nitrogens is 1. The fourth-order valence-electron chi connectivity index (χ4n) is 4.11. The molecule has 0 aliphatic heterocycles. The van der Waals surface area contributed by atoms with Crippen LogP contribution in [0.2, 0.25) is 0 Å². The molecule has 0 aliphatic carbocycles. The molecule has 0 heterocycles. The summed E-state index contributed by atoms with van der Waals surface area (Å²) in [5.74, 6) is -0.491. The van der Waals surface area contributed by atoms with Crippen molar-refractivity contribution in [2.45, 2.75) is 123 Å². The average molecular weight is 605 g/mol. The third-order valence-electron chi connectivity index (χ3n) is 6.57. The number of nitrogens with zero attached hydrogens (tertiary/aromatic N) is 1. The van der Waals surface area contributed by atoms with E-state index in [9.17, 15) is 14.3 Å². The molecule has 8 nitrogen and oxygen atoms in total. The van der Waals surface area contributed by atoms with Gasteiger partial charge in [0.05, 0.1) is 34.4 Å². The summed E-state index contributed by atoms with van der Waals surface area (Å²) in [6.07, 6.45) is 28.3. The standard InChI is InChI=1S/C32H62NO7P/c1-6-7-8-9-10-11-12-13-14-15-16-17-18-19-20-21-22-23-24-25-27-37-29-32(40-31(2)34)30-39-41(35,36)38-28-26-33(3,4)5/h10-11,13-14,32H,6-9,12,15-30H2,1-5H3/p+1/b11-10-,14-13-. The van der Waals surface area contributed by atoms with Crippen LogP contribution in [0.5, 0.6) is 0 Å². The number of rotatable bonds is 29. The largest absolute Gasteiger partial charge is 0.472 e. The van der Waals surface area contributed by atoms with Crippen molar-refractivity contribution in [2.24, 2.45) is 0 Å². The monoisotopic (exact) mass is 604 g/mol. The average Bonchev–Trinajstić information content (AvgIpc) is 2.89. The normalized spacial score (nSPS) is 14.6. The highest BCUT2D eigenvalue weighted by molar-refractivity contribution is 7.47. The summed E-state index contributed by atoms with van der Waals surface area (Å²) in [7, 11) is 1.65. The second kappa shape index (κ2) is 26.6. The number of allylic oxidation sites excluding steroid dienone is 4. The lowest BCUT2D eigenvalue weighted by atomic mass is 10.1. The van der Waals surface area contributed by atoms with Gasteiger partial charge in [-0.2, -0.15) is 0 Å². The summed E-state index contributed by atoms with van der Waals surface area (Å²) in [5.41, 5.74) is 0. The van der Waals surface area contributed by atoms with Crippen LogP contribution in [-0.4, -0.2) is 75.6 Å². The highest BCUT2D eigenvalue weighted by atomic mass is 31.2. The highest BCUT2D eigenvalue weighted by Gasteiger charge is 2.25. The zero-order valence-corrected chi connectivity index (χ0v) is 27.9. The zero-order valence-electron chi connectivity index (χ0n) is 27.0. The first kappa shape index (κ1) is 40.0. The van der Waals surface area contributed by atoms with E-state index in [1.165, 1.54) is 90.4 Å². The van der Waals surface area contributed by atoms with Gasteiger partial charge in [0, 0.05) is 13.5 Å². The van der Waals surface area contributed by atoms with E-state index < -0.39 is 19.9 Å². The van der Waals surface area contributed by atoms with E-state index in [1.54, 1.807) is 0 Å². The number of likely N-dealkylation sites (N-methyl/N-ethyl adjacent to an activating group) is 1. The Morgan fingerprint density at radius 1 is 0.756 bits per heavy atom. The molecule has 0 aromatic heterocycles. The molecule has 242 valence electrons. The Hall–Kier alpha value is -1.02. The van der Waals surface area contributed by atoms with E-state index >= 15 is 0 Å². The van der Waals surface area contributed by atoms with Crippen molar-refractivity contribution in [3.8, 4) is 0 Å². The lowest BCUT2D eigenvalue weighted by Crippen LogP contribution is -2.37. The molecule has 0 saturated carbocycles. The maximum Gasteiger partial charge on any atom is 0.472 e. The number of phosphoric ester groups is 1. The van der Waals surface area contributed by atoms with Crippen LogP contribution in [0, 0.1) is 0 Å². The number of hydrogen-bond donors (Lipinski definition) is 1. The molecule has 0 amide bonds. The van der Waals surface area contributed by atoms with E-state index in [0.717, 1.165) is 19.3 Å². The van der Waals surface area contributed by atoms with Gasteiger partial charge in [0.1, 0.15) is 19.3 Å². The van der Waals surface area contributed by atoms with E-state index in [1.807, 2.05) is 21.1 Å². The van der Waals surface area contributed by atoms with Gasteiger partial charge in [0.15, 0.2) is 0 Å². The molecule has 0 radical (unpaired) electrons. The third-order valence-corrected chi connectivity index (χ3v) is 7.55. The van der Waals surface area contributed by atoms with Gasteiger partial charge in [0.2, 0.25) is 0 Å². The lowest BCUT2D eigenvalue weighted by molar-refractivity contribution is -0.870. The summed E-state index contributed by atoms with van der Waals surface area (Å²) >= 11 is 0. The first-order chi connectivity index (χ1) is 19.6. The molecular weight excluding hydrogens is 541 g/mol. The van der Waals surface area contributed by atoms with Crippen LogP contribution in [0.4, 0.5) is 0 Å². The molecule has 0 fully saturated rings. The molecule has 2 unspecified atom stereocenters. The SMILES string of the molecule is CCCCC/C=C\C/C=C\CCCCCCCCCCCCOCC(COP(=O)(O)OCC[N+](C)(C)C)OC(C)=O. The lowest BCUT2D eigenvalue weighted by Gasteiger charge is -2.24. The summed E-state index contributed by atoms with van der Waals surface area (Å²) in [6, 6.07) is 0. The first-order valence-electron chi connectivity index (χ1n) is 16.0. The van der Waals surface area contributed by atoms with E-state index in [0.29, 0.717) is 17.6 Å². The Morgan fingerprint density at radius 2 is 1.29 bits per heavy atom. The minimum atomic E-state index is -4.22. The fourth-order valence-corrected chi connectivity index (χ4v) is 4.85. The number of esters is 1. The molecular formula is C32H63NO7P+. The minimum absolute atomic E-state index is 0.0849. The van der Waals surface area contributed by atoms with Gasteiger partial charge in [-0.15, -0.1) is 0 Å². The number of phosphoric acid groups is 1. The Kier molecular flexibility index (Phi) is 25.9. The predicted octanol–water partition coefficient (Wildman–Crippen LogP) is 8.15. The second-order valence-corrected chi connectivity index (χ2v) is 13.4. The fraction of sp³-hybridized carbons (Fsp3) is 0.844. The predicted molar refractivity (Wildman–Crippen MR) is 169 cm³/mol. The Balaban J connectivity index is 3.68. The van der Waals surface area contributed by atoms with Crippen molar-refractivity contribution in [1.82, 2.24) is 0 Å². The molecule has 0 saturated heterocycles. The molecule has 0 rings (SSSR count). The van der Waals surface area contributed by atoms with Crippen LogP contribution < -0.4 is 0 Å². The number of ether oxygens (including phenoxy) is 2. The van der Waals surface area contributed by atoms with E-state index in [-0.39, 0.29) is 19.8 Å². The van der Waals surface area contributed by atoms with Crippen LogP contribution in [0.25, 0.3) is 0 Å². The van der Waals surface area contributed by atoms with Crippen molar-refractivity contribution < 1.29 is 37.3 Å². The van der Waals surface area contributed by atoms with Gasteiger partial charge in [-0.3, -0.25) is 13.8 Å². The van der Waals surface area contributed by atoms with Gasteiger partial charge < -0.3 is 18.9 Å². The summed E-state index contributed by atoms with van der Waals surface area (Å²) in [6.45, 7) is 4.59. The quantitative estimate of drug-likeness (QED) is 0.0303. The molecule has 9 heteroatoms. The Labute approximate surface area is 252 Å². The van der Waals surface area contributed by atoms with Gasteiger partial charge in [-0.05, 0) is 38.5 Å². The number of carbonyl (C=O) groups excluding carboxylic acids is 1. The molecule has 0 aromatic rings. The minimum Gasteiger partial charge on any atom is -0.458 e. The highest BCUT2D eigenvalue weighted by Crippen LogP contribution is 2.43. The number of hydrogen-bond acceptors (Lipinski definition) is 6. The second-order valence-electron chi connectivity index (χ2n) is 11.9. The summed E-state index contributed by atoms with van der Waals surface area (Å²) in [5, 5.41) is 0. The maximum atomic E-state index is 12.1. The molecule has 0 aliphatic rings. The topological polar surface area (TPSA) is 91.3 Å². The van der Waals surface area contributed by atoms with Gasteiger partial charge >= 0.3 is 13.8 Å². The van der Waals surface area contributed by atoms with Gasteiger partial charge in [-0.25, -0.2) is 4.57 Å². The number of carbonyl (C=O) groups is 1. The molecule has 0 spiro atoms. The van der Waals surface area contributed by atoms with Gasteiger partial charge in [0.25, 0.3) is 0 Å². The summed E-state index contributed by atoms with van der Waals surface area (Å²) < 4.78 is 33.5. The van der Waals surface area contributed by atoms with Crippen molar-refractivity contribution in [1.29, 1.82) is 0 Å². The van der Waals surface area contributed by atoms with Crippen molar-refractivity contribution in [2.75, 3.05) is 54.1 Å². The Morgan fingerprint density at radius 3 is 1.83 bits per heavy atom. The smallest absolute Gasteiger partial charge is 0.458 e. The van der Waals surface area contributed by atoms with E-state index in [4.69, 9.17) is 18.5 Å². The third kappa shape index (κ3) is 31.7. The van der Waals surface area contributed by atoms with E-state index in [2.05, 4.69) is 31.2 Å². The first-order valence-corrected chi connectivity index (χ1v) is 17.5. The van der Waals surface area contributed by atoms with Crippen LogP contribution in [0.3, 0.4) is 0 Å². The van der Waals surface area contributed by atoms with Crippen molar-refractivity contribution in [3.63, 3.8) is 0 Å². The van der Waals surface area contributed by atoms with Crippen LogP contribution in [0.15, 0.2) is 24.3 Å². The van der Waals surface area contributed by atoms with Crippen LogP contribution >= 0.6 is 7.82 Å². The van der Waals surface area contributed by atoms with Crippen LogP contribution in [0.1, 0.15) is 117 Å².